The summed E-state index contributed by atoms with van der Waals surface area (Å²) in [7, 11) is 0. The summed E-state index contributed by atoms with van der Waals surface area (Å²) in [5.41, 5.74) is 1.02. The Hall–Kier alpha value is -1.89. The van der Waals surface area contributed by atoms with Crippen molar-refractivity contribution < 1.29 is 4.79 Å². The van der Waals surface area contributed by atoms with Crippen LogP contribution < -0.4 is 0 Å². The van der Waals surface area contributed by atoms with E-state index < -0.39 is 0 Å². The lowest BCUT2D eigenvalue weighted by Gasteiger charge is -2.39. The lowest BCUT2D eigenvalue weighted by molar-refractivity contribution is -0.134. The fourth-order valence-corrected chi connectivity index (χ4v) is 4.72. The lowest BCUT2D eigenvalue weighted by Crippen LogP contribution is -2.48. The molecule has 2 aliphatic rings. The quantitative estimate of drug-likeness (QED) is 0.752. The summed E-state index contributed by atoms with van der Waals surface area (Å²) in [4.78, 5) is 19.0. The molecular weight excluding hydrogens is 346 g/mol. The normalized spacial score (nSPS) is 23.2. The first kappa shape index (κ1) is 17.5. The second-order valence-corrected chi connectivity index (χ2v) is 8.30. The number of amides is 1. The average molecular weight is 372 g/mol. The molecule has 0 aromatic carbocycles. The minimum absolute atomic E-state index is 0.213. The number of carbonyl (C=O) groups excluding carboxylic acids is 1. The van der Waals surface area contributed by atoms with E-state index in [0.717, 1.165) is 42.2 Å². The molecule has 0 bridgehead atoms. The summed E-state index contributed by atoms with van der Waals surface area (Å²) in [5.74, 6) is 1.52. The molecule has 2 atom stereocenters. The molecule has 2 aromatic rings. The number of thioether (sulfide) groups is 1. The number of likely N-dealkylation sites (tertiary alicyclic amines) is 1. The zero-order chi connectivity index (χ0) is 18.1. The van der Waals surface area contributed by atoms with Gasteiger partial charge in [-0.2, -0.15) is 0 Å². The van der Waals surface area contributed by atoms with E-state index >= 15 is 0 Å². The van der Waals surface area contributed by atoms with E-state index in [9.17, 15) is 4.79 Å². The Morgan fingerprint density at radius 1 is 1.12 bits per heavy atom. The Bertz CT molecular complexity index is 763. The van der Waals surface area contributed by atoms with Crippen molar-refractivity contribution >= 4 is 17.7 Å². The zero-order valence-corrected chi connectivity index (χ0v) is 16.2. The lowest BCUT2D eigenvalue weighted by atomic mass is 9.98. The third-order valence-corrected chi connectivity index (χ3v) is 6.25. The Labute approximate surface area is 158 Å². The van der Waals surface area contributed by atoms with Crippen LogP contribution in [0.3, 0.4) is 0 Å². The highest BCUT2D eigenvalue weighted by Gasteiger charge is 2.32. The van der Waals surface area contributed by atoms with E-state index in [1.807, 2.05) is 12.1 Å². The van der Waals surface area contributed by atoms with Gasteiger partial charge >= 0.3 is 0 Å². The highest BCUT2D eigenvalue weighted by Crippen LogP contribution is 2.41. The Balaban J connectivity index is 1.50. The van der Waals surface area contributed by atoms with Gasteiger partial charge in [-0.25, -0.2) is 0 Å². The van der Waals surface area contributed by atoms with Gasteiger partial charge in [0, 0.05) is 36.1 Å². The Morgan fingerprint density at radius 2 is 1.81 bits per heavy atom. The summed E-state index contributed by atoms with van der Waals surface area (Å²) in [6.07, 6.45) is 9.27. The van der Waals surface area contributed by atoms with Crippen molar-refractivity contribution in [3.8, 4) is 11.4 Å². The molecule has 1 saturated heterocycles. The van der Waals surface area contributed by atoms with Gasteiger partial charge in [-0.3, -0.25) is 14.3 Å². The van der Waals surface area contributed by atoms with E-state index in [-0.39, 0.29) is 5.91 Å². The number of hydrogen-bond acceptors (Lipinski definition) is 5. The average Bonchev–Trinajstić information content (AvgIpc) is 3.39. The first-order chi connectivity index (χ1) is 12.6. The number of pyridine rings is 1. The van der Waals surface area contributed by atoms with Crippen molar-refractivity contribution in [1.82, 2.24) is 24.6 Å². The predicted octanol–water partition coefficient (Wildman–Crippen LogP) is 3.56. The van der Waals surface area contributed by atoms with E-state index in [0.29, 0.717) is 23.9 Å². The van der Waals surface area contributed by atoms with Crippen LogP contribution in [-0.4, -0.2) is 48.4 Å². The first-order valence-electron chi connectivity index (χ1n) is 9.44. The van der Waals surface area contributed by atoms with Gasteiger partial charge in [0.2, 0.25) is 5.91 Å². The van der Waals surface area contributed by atoms with Crippen molar-refractivity contribution in [2.45, 2.75) is 69.2 Å². The number of rotatable bonds is 5. The van der Waals surface area contributed by atoms with Crippen molar-refractivity contribution in [2.24, 2.45) is 0 Å². The topological polar surface area (TPSA) is 63.9 Å². The number of hydrogen-bond donors (Lipinski definition) is 0. The van der Waals surface area contributed by atoms with Gasteiger partial charge < -0.3 is 4.90 Å². The third-order valence-electron chi connectivity index (χ3n) is 5.32. The molecule has 4 rings (SSSR count). The van der Waals surface area contributed by atoms with Crippen LogP contribution in [-0.2, 0) is 4.79 Å². The number of carbonyl (C=O) groups is 1. The van der Waals surface area contributed by atoms with Gasteiger partial charge in [0.05, 0.1) is 5.75 Å². The van der Waals surface area contributed by atoms with Crippen molar-refractivity contribution in [2.75, 3.05) is 5.75 Å². The molecule has 0 radical (unpaired) electrons. The van der Waals surface area contributed by atoms with Crippen LogP contribution in [0.5, 0.6) is 0 Å². The first-order valence-corrected chi connectivity index (χ1v) is 10.4. The van der Waals surface area contributed by atoms with Gasteiger partial charge in [-0.05, 0) is 58.1 Å². The van der Waals surface area contributed by atoms with E-state index in [1.165, 1.54) is 18.2 Å². The molecule has 3 heterocycles. The van der Waals surface area contributed by atoms with Crippen LogP contribution in [0.1, 0.15) is 52.0 Å². The van der Waals surface area contributed by atoms with Crippen molar-refractivity contribution in [3.63, 3.8) is 0 Å². The fraction of sp³-hybridized carbons (Fsp3) is 0.579. The molecule has 1 aliphatic heterocycles. The van der Waals surface area contributed by atoms with Gasteiger partial charge in [0.15, 0.2) is 11.0 Å². The highest BCUT2D eigenvalue weighted by molar-refractivity contribution is 7.99. The van der Waals surface area contributed by atoms with Crippen LogP contribution in [0, 0.1) is 0 Å². The molecule has 6 nitrogen and oxygen atoms in total. The van der Waals surface area contributed by atoms with E-state index in [4.69, 9.17) is 0 Å². The Morgan fingerprint density at radius 3 is 2.46 bits per heavy atom. The standard InChI is InChI=1S/C19H25N5OS/c1-13-4-3-5-14(2)23(13)17(25)12-26-19-22-21-18(24(19)16-6-7-16)15-8-10-20-11-9-15/h8-11,13-14,16H,3-7,12H2,1-2H3/t13-,14-/m1/s1. The maximum Gasteiger partial charge on any atom is 0.233 e. The number of piperidine rings is 1. The molecule has 0 N–H and O–H groups in total. The minimum Gasteiger partial charge on any atom is -0.337 e. The number of aromatic nitrogens is 4. The molecule has 1 amide bonds. The largest absolute Gasteiger partial charge is 0.337 e. The molecule has 0 unspecified atom stereocenters. The molecular formula is C19H25N5OS. The van der Waals surface area contributed by atoms with Gasteiger partial charge in [0.25, 0.3) is 0 Å². The summed E-state index contributed by atoms with van der Waals surface area (Å²) < 4.78 is 2.20. The summed E-state index contributed by atoms with van der Waals surface area (Å²) in [6, 6.07) is 5.04. The molecule has 1 aliphatic carbocycles. The van der Waals surface area contributed by atoms with Gasteiger partial charge in [-0.15, -0.1) is 10.2 Å². The smallest absolute Gasteiger partial charge is 0.233 e. The van der Waals surface area contributed by atoms with E-state index in [1.54, 1.807) is 12.4 Å². The maximum absolute atomic E-state index is 12.8. The Kier molecular flexibility index (Phi) is 4.98. The molecule has 2 aromatic heterocycles. The van der Waals surface area contributed by atoms with Crippen LogP contribution in [0.4, 0.5) is 0 Å². The van der Waals surface area contributed by atoms with Crippen molar-refractivity contribution in [1.29, 1.82) is 0 Å². The summed E-state index contributed by atoms with van der Waals surface area (Å²) >= 11 is 1.52. The molecule has 1 saturated carbocycles. The van der Waals surface area contributed by atoms with Crippen LogP contribution >= 0.6 is 11.8 Å². The van der Waals surface area contributed by atoms with Crippen molar-refractivity contribution in [3.05, 3.63) is 24.5 Å². The third kappa shape index (κ3) is 3.49. The molecule has 26 heavy (non-hydrogen) atoms. The molecule has 7 heteroatoms. The predicted molar refractivity (Wildman–Crippen MR) is 102 cm³/mol. The molecule has 2 fully saturated rings. The monoisotopic (exact) mass is 371 g/mol. The second kappa shape index (κ2) is 7.39. The SMILES string of the molecule is C[C@@H]1CCC[C@@H](C)N1C(=O)CSc1nnc(-c2ccncc2)n1C1CC1. The van der Waals surface area contributed by atoms with E-state index in [2.05, 4.69) is 38.5 Å². The van der Waals surface area contributed by atoms with Crippen LogP contribution in [0.25, 0.3) is 11.4 Å². The zero-order valence-electron chi connectivity index (χ0n) is 15.3. The molecule has 138 valence electrons. The highest BCUT2D eigenvalue weighted by atomic mass is 32.2. The molecule has 0 spiro atoms. The van der Waals surface area contributed by atoms with Gasteiger partial charge in [-0.1, -0.05) is 11.8 Å². The maximum atomic E-state index is 12.8. The van der Waals surface area contributed by atoms with Crippen LogP contribution in [0.15, 0.2) is 29.7 Å². The second-order valence-electron chi connectivity index (χ2n) is 7.36. The number of nitrogens with zero attached hydrogens (tertiary/aromatic N) is 5. The summed E-state index contributed by atoms with van der Waals surface area (Å²) in [5, 5.41) is 9.65. The summed E-state index contributed by atoms with van der Waals surface area (Å²) in [6.45, 7) is 4.32. The van der Waals surface area contributed by atoms with Crippen LogP contribution in [0.2, 0.25) is 0 Å². The van der Waals surface area contributed by atoms with Gasteiger partial charge in [0.1, 0.15) is 0 Å². The fourth-order valence-electron chi connectivity index (χ4n) is 3.85. The minimum atomic E-state index is 0.213.